The first-order valence-corrected chi connectivity index (χ1v) is 2.81. The van der Waals surface area contributed by atoms with Gasteiger partial charge in [0.05, 0.1) is 0 Å². The molecular weight excluding hydrogens is 124 g/mol. The Hall–Kier alpha value is -0.680. The average Bonchev–Trinajstić information content (AvgIpc) is 2.14. The molecule has 5 heteroatoms. The van der Waals surface area contributed by atoms with Crippen LogP contribution < -0.4 is 5.84 Å². The normalized spacial score (nSPS) is 9.25. The van der Waals surface area contributed by atoms with Crippen molar-refractivity contribution in [2.75, 3.05) is 0 Å². The number of hydrogen-bond acceptors (Lipinski definition) is 4. The molecule has 0 amide bonds. The lowest BCUT2D eigenvalue weighted by Crippen LogP contribution is -1.79. The van der Waals surface area contributed by atoms with Gasteiger partial charge in [0.1, 0.15) is 0 Å². The molecule has 0 unspecified atom stereocenters. The van der Waals surface area contributed by atoms with E-state index in [4.69, 9.17) is 5.84 Å². The summed E-state index contributed by atoms with van der Waals surface area (Å²) in [6.07, 6.45) is 0. The van der Waals surface area contributed by atoms with Crippen molar-refractivity contribution in [3.05, 3.63) is 11.3 Å². The Morgan fingerprint density at radius 3 is 2.75 bits per heavy atom. The molecule has 1 rings (SSSR count). The van der Waals surface area contributed by atoms with E-state index >= 15 is 0 Å². The quantitative estimate of drug-likeness (QED) is 0.449. The van der Waals surface area contributed by atoms with Crippen LogP contribution >= 0.6 is 11.5 Å². The van der Waals surface area contributed by atoms with Crippen molar-refractivity contribution in [2.24, 2.45) is 5.84 Å². The molecule has 0 fully saturated rings. The molecule has 0 aliphatic carbocycles. The van der Waals surface area contributed by atoms with Crippen molar-refractivity contribution >= 4 is 16.7 Å². The fraction of sp³-hybridized carbons (Fsp3) is 0.333. The largest absolute Gasteiger partial charge is 0.412 e. The van der Waals surface area contributed by atoms with Gasteiger partial charge >= 0.3 is 0 Å². The predicted molar refractivity (Wildman–Crippen MR) is 31.9 cm³/mol. The Labute approximate surface area is 50.9 Å². The SMILES string of the molecule is Cc1nsc([N-]N)n1. The van der Waals surface area contributed by atoms with Gasteiger partial charge < -0.3 is 16.3 Å². The van der Waals surface area contributed by atoms with Gasteiger partial charge in [0.25, 0.3) is 0 Å². The van der Waals surface area contributed by atoms with Crippen LogP contribution in [0.5, 0.6) is 0 Å². The van der Waals surface area contributed by atoms with Gasteiger partial charge in [-0.2, -0.15) is 0 Å². The molecule has 0 saturated heterocycles. The maximum atomic E-state index is 4.90. The Morgan fingerprint density at radius 2 is 2.50 bits per heavy atom. The Morgan fingerprint density at radius 1 is 1.75 bits per heavy atom. The summed E-state index contributed by atoms with van der Waals surface area (Å²) in [5, 5.41) is 0.530. The van der Waals surface area contributed by atoms with Gasteiger partial charge in [-0.1, -0.05) is 0 Å². The summed E-state index contributed by atoms with van der Waals surface area (Å²) in [7, 11) is 0. The fourth-order valence-electron chi connectivity index (χ4n) is 0.339. The van der Waals surface area contributed by atoms with Crippen molar-refractivity contribution in [3.63, 3.8) is 0 Å². The minimum atomic E-state index is 0.530. The molecular formula is C3H5N4S-. The zero-order valence-corrected chi connectivity index (χ0v) is 5.14. The zero-order valence-electron chi connectivity index (χ0n) is 4.33. The molecule has 0 bridgehead atoms. The lowest BCUT2D eigenvalue weighted by molar-refractivity contribution is 1.16. The van der Waals surface area contributed by atoms with Crippen LogP contribution in [0.25, 0.3) is 5.43 Å². The second-order valence-electron chi connectivity index (χ2n) is 1.25. The van der Waals surface area contributed by atoms with Crippen LogP contribution in [0.1, 0.15) is 5.82 Å². The molecule has 4 nitrogen and oxygen atoms in total. The van der Waals surface area contributed by atoms with E-state index in [-0.39, 0.29) is 0 Å². The van der Waals surface area contributed by atoms with Gasteiger partial charge in [0, 0.05) is 11.0 Å². The minimum Gasteiger partial charge on any atom is -0.412 e. The van der Waals surface area contributed by atoms with E-state index in [9.17, 15) is 0 Å². The average molecular weight is 129 g/mol. The highest BCUT2D eigenvalue weighted by molar-refractivity contribution is 7.09. The molecule has 0 spiro atoms. The van der Waals surface area contributed by atoms with Crippen LogP contribution in [0.15, 0.2) is 0 Å². The maximum absolute atomic E-state index is 4.90. The third-order valence-electron chi connectivity index (χ3n) is 0.627. The molecule has 1 aromatic rings. The summed E-state index contributed by atoms with van der Waals surface area (Å²) in [6, 6.07) is 0. The van der Waals surface area contributed by atoms with Crippen LogP contribution in [-0.4, -0.2) is 9.36 Å². The molecule has 0 aliphatic rings. The smallest absolute Gasteiger partial charge is 0.0383 e. The van der Waals surface area contributed by atoms with E-state index in [0.29, 0.717) is 5.13 Å². The number of rotatable bonds is 1. The van der Waals surface area contributed by atoms with Crippen LogP contribution in [0.2, 0.25) is 0 Å². The van der Waals surface area contributed by atoms with Crippen molar-refractivity contribution < 1.29 is 0 Å². The summed E-state index contributed by atoms with van der Waals surface area (Å²) < 4.78 is 3.84. The lowest BCUT2D eigenvalue weighted by Gasteiger charge is -1.96. The topological polar surface area (TPSA) is 65.9 Å². The highest BCUT2D eigenvalue weighted by Gasteiger charge is 1.81. The number of hydrogen-bond donors (Lipinski definition) is 1. The van der Waals surface area contributed by atoms with E-state index in [0.717, 1.165) is 5.82 Å². The molecule has 1 aromatic heterocycles. The zero-order chi connectivity index (χ0) is 5.98. The van der Waals surface area contributed by atoms with Gasteiger partial charge in [-0.15, -0.1) is 0 Å². The second kappa shape index (κ2) is 2.06. The van der Waals surface area contributed by atoms with Crippen LogP contribution in [0, 0.1) is 6.92 Å². The molecule has 0 saturated carbocycles. The Balaban J connectivity index is 2.84. The van der Waals surface area contributed by atoms with Gasteiger partial charge in [-0.05, 0) is 18.5 Å². The van der Waals surface area contributed by atoms with Crippen molar-refractivity contribution in [1.29, 1.82) is 0 Å². The molecule has 44 valence electrons. The van der Waals surface area contributed by atoms with Crippen molar-refractivity contribution in [1.82, 2.24) is 9.36 Å². The van der Waals surface area contributed by atoms with E-state index < -0.39 is 0 Å². The van der Waals surface area contributed by atoms with E-state index in [2.05, 4.69) is 14.8 Å². The number of nitrogens with two attached hydrogens (primary N) is 1. The minimum absolute atomic E-state index is 0.530. The first-order chi connectivity index (χ1) is 3.83. The van der Waals surface area contributed by atoms with E-state index in [1.165, 1.54) is 11.5 Å². The lowest BCUT2D eigenvalue weighted by atomic mass is 10.8. The summed E-state index contributed by atoms with van der Waals surface area (Å²) >= 11 is 1.20. The summed E-state index contributed by atoms with van der Waals surface area (Å²) in [5.41, 5.74) is 3.34. The van der Waals surface area contributed by atoms with Gasteiger partial charge in [-0.3, -0.25) is 0 Å². The van der Waals surface area contributed by atoms with Gasteiger partial charge in [0.15, 0.2) is 0 Å². The van der Waals surface area contributed by atoms with Crippen LogP contribution in [0.3, 0.4) is 0 Å². The van der Waals surface area contributed by atoms with E-state index in [1.54, 1.807) is 6.92 Å². The molecule has 0 radical (unpaired) electrons. The molecule has 0 aliphatic heterocycles. The monoisotopic (exact) mass is 129 g/mol. The second-order valence-corrected chi connectivity index (χ2v) is 1.98. The molecule has 1 heterocycles. The summed E-state index contributed by atoms with van der Waals surface area (Å²) in [4.78, 5) is 3.84. The van der Waals surface area contributed by atoms with Crippen molar-refractivity contribution in [2.45, 2.75) is 6.92 Å². The molecule has 0 atom stereocenters. The Bertz CT molecular complexity index is 172. The van der Waals surface area contributed by atoms with Gasteiger partial charge in [0.2, 0.25) is 0 Å². The molecule has 8 heavy (non-hydrogen) atoms. The highest BCUT2D eigenvalue weighted by Crippen LogP contribution is 2.14. The van der Waals surface area contributed by atoms with Crippen LogP contribution in [-0.2, 0) is 0 Å². The third kappa shape index (κ3) is 0.932. The number of aryl methyl sites for hydroxylation is 1. The first-order valence-electron chi connectivity index (χ1n) is 2.04. The standard InChI is InChI=1S/C3H5N4S/c1-2-5-3(6-4)8-7-2/h4H2,1H3/q-1. The summed E-state index contributed by atoms with van der Waals surface area (Å²) in [5.74, 6) is 5.62. The van der Waals surface area contributed by atoms with Crippen LogP contribution in [0.4, 0.5) is 5.13 Å². The summed E-state index contributed by atoms with van der Waals surface area (Å²) in [6.45, 7) is 1.80. The first kappa shape index (κ1) is 5.46. The molecule has 0 aromatic carbocycles. The van der Waals surface area contributed by atoms with Crippen molar-refractivity contribution in [3.8, 4) is 0 Å². The van der Waals surface area contributed by atoms with Gasteiger partial charge in [-0.25, -0.2) is 4.37 Å². The predicted octanol–water partition coefficient (Wildman–Crippen LogP) is 0.725. The molecule has 2 N–H and O–H groups in total. The highest BCUT2D eigenvalue weighted by atomic mass is 32.1. The Kier molecular flexibility index (Phi) is 1.40. The van der Waals surface area contributed by atoms with E-state index in [1.807, 2.05) is 0 Å². The fourth-order valence-corrected chi connectivity index (χ4v) is 0.813. The number of nitrogens with zero attached hydrogens (tertiary/aromatic N) is 3. The number of aromatic nitrogens is 2. The maximum Gasteiger partial charge on any atom is 0.0383 e. The third-order valence-corrected chi connectivity index (χ3v) is 1.34.